The maximum atomic E-state index is 12.7. The Kier molecular flexibility index (Phi) is 7.83. The smallest absolute Gasteiger partial charge is 0.336 e. The van der Waals surface area contributed by atoms with Crippen molar-refractivity contribution >= 4 is 43.5 Å². The number of esters is 1. The van der Waals surface area contributed by atoms with Crippen molar-refractivity contribution in [2.45, 2.75) is 29.6 Å². The number of anilines is 2. The number of ether oxygens (including phenoxy) is 1. The fourth-order valence-corrected chi connectivity index (χ4v) is 4.37. The van der Waals surface area contributed by atoms with Crippen molar-refractivity contribution in [3.63, 3.8) is 0 Å². The highest BCUT2D eigenvalue weighted by Crippen LogP contribution is 2.33. The van der Waals surface area contributed by atoms with Crippen molar-refractivity contribution in [2.24, 2.45) is 0 Å². The molecule has 0 unspecified atom stereocenters. The third-order valence-corrected chi connectivity index (χ3v) is 6.85. The standard InChI is InChI=1S/C22H22N2O10S2/c1-2-34-22(27)18-12-19(23-13-3-7-15(8-4-13)35(28,29)30)17(21(25)26)11-20(18)24-14-5-9-16(10-6-14)36(31,32)33/h3-10,23-24H,2,11-12H2,1H3,(H,25,26)(H,28,29,30)(H,31,32,33). The van der Waals surface area contributed by atoms with Gasteiger partial charge in [0.25, 0.3) is 20.2 Å². The van der Waals surface area contributed by atoms with Crippen LogP contribution in [-0.4, -0.2) is 49.6 Å². The Balaban J connectivity index is 1.95. The van der Waals surface area contributed by atoms with Crippen LogP contribution in [0.25, 0.3) is 0 Å². The molecule has 1 aliphatic rings. The van der Waals surface area contributed by atoms with Gasteiger partial charge in [-0.25, -0.2) is 9.59 Å². The van der Waals surface area contributed by atoms with Gasteiger partial charge in [0.2, 0.25) is 0 Å². The van der Waals surface area contributed by atoms with Crippen molar-refractivity contribution in [3.8, 4) is 0 Å². The minimum Gasteiger partial charge on any atom is -0.478 e. The minimum atomic E-state index is -4.41. The van der Waals surface area contributed by atoms with Gasteiger partial charge in [0.15, 0.2) is 0 Å². The lowest BCUT2D eigenvalue weighted by Gasteiger charge is -2.25. The molecule has 0 aromatic heterocycles. The van der Waals surface area contributed by atoms with E-state index in [1.165, 1.54) is 24.3 Å². The predicted molar refractivity (Wildman–Crippen MR) is 127 cm³/mol. The first-order chi connectivity index (χ1) is 16.8. The number of rotatable bonds is 9. The van der Waals surface area contributed by atoms with Crippen LogP contribution >= 0.6 is 0 Å². The number of aliphatic carboxylic acids is 1. The van der Waals surface area contributed by atoms with E-state index < -0.39 is 32.2 Å². The van der Waals surface area contributed by atoms with E-state index in [-0.39, 0.29) is 51.8 Å². The van der Waals surface area contributed by atoms with Gasteiger partial charge in [-0.15, -0.1) is 0 Å². The van der Waals surface area contributed by atoms with Crippen molar-refractivity contribution in [3.05, 3.63) is 71.1 Å². The molecule has 0 saturated heterocycles. The summed E-state index contributed by atoms with van der Waals surface area (Å²) in [5.41, 5.74) is 1.07. The third kappa shape index (κ3) is 6.48. The second-order valence-electron chi connectivity index (χ2n) is 7.54. The highest BCUT2D eigenvalue weighted by Gasteiger charge is 2.29. The molecule has 0 heterocycles. The zero-order chi connectivity index (χ0) is 26.7. The van der Waals surface area contributed by atoms with Crippen LogP contribution in [0.15, 0.2) is 80.9 Å². The van der Waals surface area contributed by atoms with Crippen LogP contribution in [0.5, 0.6) is 0 Å². The van der Waals surface area contributed by atoms with Crippen LogP contribution in [0.3, 0.4) is 0 Å². The van der Waals surface area contributed by atoms with Crippen LogP contribution in [0, 0.1) is 0 Å². The zero-order valence-corrected chi connectivity index (χ0v) is 20.4. The molecule has 14 heteroatoms. The molecule has 192 valence electrons. The molecule has 0 amide bonds. The van der Waals surface area contributed by atoms with Crippen molar-refractivity contribution in [1.82, 2.24) is 0 Å². The molecule has 0 fully saturated rings. The number of allylic oxidation sites excluding steroid dienone is 2. The van der Waals surface area contributed by atoms with E-state index in [0.717, 1.165) is 24.3 Å². The number of carbonyl (C=O) groups is 2. The molecule has 0 saturated carbocycles. The van der Waals surface area contributed by atoms with Gasteiger partial charge >= 0.3 is 11.9 Å². The molecule has 0 bridgehead atoms. The Morgan fingerprint density at radius 3 is 1.53 bits per heavy atom. The lowest BCUT2D eigenvalue weighted by Crippen LogP contribution is -2.24. The second-order valence-corrected chi connectivity index (χ2v) is 10.4. The molecule has 36 heavy (non-hydrogen) atoms. The van der Waals surface area contributed by atoms with Gasteiger partial charge in [-0.1, -0.05) is 0 Å². The summed E-state index contributed by atoms with van der Waals surface area (Å²) >= 11 is 0. The second kappa shape index (κ2) is 10.5. The zero-order valence-electron chi connectivity index (χ0n) is 18.8. The molecule has 12 nitrogen and oxygen atoms in total. The maximum Gasteiger partial charge on any atom is 0.336 e. The molecule has 2 aromatic carbocycles. The number of benzene rings is 2. The number of carboxylic acid groups (broad SMARTS) is 1. The molecule has 1 aliphatic carbocycles. The van der Waals surface area contributed by atoms with E-state index >= 15 is 0 Å². The summed E-state index contributed by atoms with van der Waals surface area (Å²) in [6, 6.07) is 9.88. The Morgan fingerprint density at radius 1 is 0.778 bits per heavy atom. The van der Waals surface area contributed by atoms with Gasteiger partial charge in [-0.2, -0.15) is 16.8 Å². The fraction of sp³-hybridized carbons (Fsp3) is 0.182. The first-order valence-corrected chi connectivity index (χ1v) is 13.2. The SMILES string of the molecule is CCOC(=O)C1=C(Nc2ccc(S(=O)(=O)O)cc2)CC(C(=O)O)=C(Nc2ccc(S(=O)(=O)O)cc2)C1. The summed E-state index contributed by atoms with van der Waals surface area (Å²) in [6.45, 7) is 1.67. The third-order valence-electron chi connectivity index (χ3n) is 5.11. The molecular formula is C22H22N2O10S2. The number of nitrogens with one attached hydrogen (secondary N) is 2. The van der Waals surface area contributed by atoms with Crippen molar-refractivity contribution in [1.29, 1.82) is 0 Å². The first kappa shape index (κ1) is 26.9. The number of hydrogen-bond acceptors (Lipinski definition) is 9. The Labute approximate surface area is 206 Å². The predicted octanol–water partition coefficient (Wildman–Crippen LogP) is 2.65. The summed E-state index contributed by atoms with van der Waals surface area (Å²) < 4.78 is 68.4. The van der Waals surface area contributed by atoms with Crippen molar-refractivity contribution < 1.29 is 45.4 Å². The van der Waals surface area contributed by atoms with Gasteiger partial charge in [-0.05, 0) is 55.5 Å². The van der Waals surface area contributed by atoms with E-state index in [2.05, 4.69) is 10.6 Å². The summed E-state index contributed by atoms with van der Waals surface area (Å²) in [5, 5.41) is 15.6. The van der Waals surface area contributed by atoms with Crippen LogP contribution in [0.2, 0.25) is 0 Å². The largest absolute Gasteiger partial charge is 0.478 e. The highest BCUT2D eigenvalue weighted by molar-refractivity contribution is 7.86. The normalized spacial score (nSPS) is 14.4. The molecule has 0 aliphatic heterocycles. The summed E-state index contributed by atoms with van der Waals surface area (Å²) in [7, 11) is -8.82. The first-order valence-electron chi connectivity index (χ1n) is 10.3. The summed E-state index contributed by atoms with van der Waals surface area (Å²) in [5.74, 6) is -1.96. The summed E-state index contributed by atoms with van der Waals surface area (Å²) in [4.78, 5) is 24.0. The molecule has 3 rings (SSSR count). The molecule has 0 atom stereocenters. The van der Waals surface area contributed by atoms with Gasteiger partial charge in [0.1, 0.15) is 0 Å². The molecular weight excluding hydrogens is 516 g/mol. The lowest BCUT2D eigenvalue weighted by atomic mass is 9.92. The number of carboxylic acids is 1. The van der Waals surface area contributed by atoms with Gasteiger partial charge in [0, 0.05) is 35.6 Å². The minimum absolute atomic E-state index is 0.0635. The molecule has 0 radical (unpaired) electrons. The maximum absolute atomic E-state index is 12.7. The van der Waals surface area contributed by atoms with Gasteiger partial charge in [-0.3, -0.25) is 9.11 Å². The van der Waals surface area contributed by atoms with Gasteiger partial charge < -0.3 is 20.5 Å². The Bertz CT molecular complexity index is 1460. The Morgan fingerprint density at radius 2 is 1.17 bits per heavy atom. The van der Waals surface area contributed by atoms with Gasteiger partial charge in [0.05, 0.1) is 27.5 Å². The Hall–Kier alpha value is -3.72. The van der Waals surface area contributed by atoms with E-state index in [4.69, 9.17) is 13.8 Å². The van der Waals surface area contributed by atoms with E-state index in [0.29, 0.717) is 11.4 Å². The highest BCUT2D eigenvalue weighted by atomic mass is 32.2. The monoisotopic (exact) mass is 538 g/mol. The fourth-order valence-electron chi connectivity index (χ4n) is 3.41. The quantitative estimate of drug-likeness (QED) is 0.231. The van der Waals surface area contributed by atoms with Crippen LogP contribution < -0.4 is 10.6 Å². The number of hydrogen-bond donors (Lipinski definition) is 5. The topological polar surface area (TPSA) is 196 Å². The lowest BCUT2D eigenvalue weighted by molar-refractivity contribution is -0.139. The average molecular weight is 539 g/mol. The molecule has 0 spiro atoms. The average Bonchev–Trinajstić information content (AvgIpc) is 2.79. The van der Waals surface area contributed by atoms with Crippen LogP contribution in [0.4, 0.5) is 11.4 Å². The van der Waals surface area contributed by atoms with Crippen LogP contribution in [0.1, 0.15) is 19.8 Å². The van der Waals surface area contributed by atoms with E-state index in [9.17, 15) is 31.5 Å². The molecule has 5 N–H and O–H groups in total. The van der Waals surface area contributed by atoms with E-state index in [1.807, 2.05) is 0 Å². The van der Waals surface area contributed by atoms with Crippen molar-refractivity contribution in [2.75, 3.05) is 17.2 Å². The summed E-state index contributed by atoms with van der Waals surface area (Å²) in [6.07, 6.45) is -0.402. The van der Waals surface area contributed by atoms with E-state index in [1.54, 1.807) is 6.92 Å². The number of carbonyl (C=O) groups excluding carboxylic acids is 1. The molecule has 2 aromatic rings. The van der Waals surface area contributed by atoms with Crippen LogP contribution in [-0.2, 0) is 34.6 Å².